The molecule has 0 radical (unpaired) electrons. The smallest absolute Gasteiger partial charge is 0.251 e. The first-order valence-corrected chi connectivity index (χ1v) is 11.3. The lowest BCUT2D eigenvalue weighted by Crippen LogP contribution is -2.25. The maximum Gasteiger partial charge on any atom is 0.251 e. The molecule has 0 unspecified atom stereocenters. The van der Waals surface area contributed by atoms with Crippen molar-refractivity contribution in [1.82, 2.24) is 10.2 Å². The predicted octanol–water partition coefficient (Wildman–Crippen LogP) is 4.42. The van der Waals surface area contributed by atoms with Crippen molar-refractivity contribution in [3.8, 4) is 17.2 Å². The van der Waals surface area contributed by atoms with Crippen molar-refractivity contribution < 1.29 is 19.4 Å². The molecule has 6 nitrogen and oxygen atoms in total. The number of ether oxygens (including phenoxy) is 2. The molecule has 33 heavy (non-hydrogen) atoms. The van der Waals surface area contributed by atoms with Gasteiger partial charge in [-0.1, -0.05) is 42.0 Å². The van der Waals surface area contributed by atoms with Crippen LogP contribution in [0, 0.1) is 6.92 Å². The Balaban J connectivity index is 1.45. The second-order valence-corrected chi connectivity index (χ2v) is 8.25. The van der Waals surface area contributed by atoms with E-state index in [1.165, 1.54) is 5.56 Å². The number of carbonyl (C=O) groups is 1. The van der Waals surface area contributed by atoms with E-state index in [9.17, 15) is 9.90 Å². The molecule has 3 aromatic rings. The molecule has 172 valence electrons. The quantitative estimate of drug-likeness (QED) is 0.562. The van der Waals surface area contributed by atoms with Gasteiger partial charge >= 0.3 is 0 Å². The summed E-state index contributed by atoms with van der Waals surface area (Å²) in [5.74, 6) is 1.35. The van der Waals surface area contributed by atoms with Gasteiger partial charge in [-0.05, 0) is 43.7 Å². The molecule has 0 aliphatic carbocycles. The number of nitrogens with one attached hydrogen (secondary N) is 1. The van der Waals surface area contributed by atoms with Crippen molar-refractivity contribution in [3.05, 3.63) is 88.5 Å². The van der Waals surface area contributed by atoms with Crippen molar-refractivity contribution in [2.75, 3.05) is 19.8 Å². The Kier molecular flexibility index (Phi) is 7.15. The van der Waals surface area contributed by atoms with E-state index in [2.05, 4.69) is 10.2 Å². The molecule has 0 atom stereocenters. The first kappa shape index (κ1) is 22.7. The number of nitrogens with zero attached hydrogens (tertiary/aromatic N) is 1. The monoisotopic (exact) mass is 446 g/mol. The molecule has 1 aliphatic heterocycles. The van der Waals surface area contributed by atoms with Crippen molar-refractivity contribution in [2.45, 2.75) is 33.5 Å². The molecule has 4 rings (SSSR count). The highest BCUT2D eigenvalue weighted by Crippen LogP contribution is 2.32. The van der Waals surface area contributed by atoms with Crippen LogP contribution in [0.15, 0.2) is 60.7 Å². The summed E-state index contributed by atoms with van der Waals surface area (Å²) < 4.78 is 11.4. The number of aryl methyl sites for hydroxylation is 1. The third-order valence-corrected chi connectivity index (χ3v) is 5.73. The third kappa shape index (κ3) is 5.65. The lowest BCUT2D eigenvalue weighted by Gasteiger charge is -2.21. The van der Waals surface area contributed by atoms with Crippen LogP contribution >= 0.6 is 0 Å². The zero-order chi connectivity index (χ0) is 23.2. The summed E-state index contributed by atoms with van der Waals surface area (Å²) in [5, 5.41) is 13.6. The molecule has 1 aliphatic rings. The average molecular weight is 447 g/mol. The summed E-state index contributed by atoms with van der Waals surface area (Å²) >= 11 is 0. The van der Waals surface area contributed by atoms with Gasteiger partial charge in [0.05, 0.1) is 6.61 Å². The van der Waals surface area contributed by atoms with Crippen LogP contribution in [-0.4, -0.2) is 35.7 Å². The van der Waals surface area contributed by atoms with Crippen LogP contribution < -0.4 is 14.8 Å². The van der Waals surface area contributed by atoms with Crippen LogP contribution in [0.1, 0.15) is 39.5 Å². The fourth-order valence-corrected chi connectivity index (χ4v) is 3.92. The van der Waals surface area contributed by atoms with Crippen LogP contribution in [0.25, 0.3) is 0 Å². The topological polar surface area (TPSA) is 71.0 Å². The van der Waals surface area contributed by atoms with Gasteiger partial charge < -0.3 is 19.9 Å². The average Bonchev–Trinajstić information content (AvgIpc) is 3.02. The van der Waals surface area contributed by atoms with Gasteiger partial charge in [0.15, 0.2) is 11.5 Å². The maximum absolute atomic E-state index is 12.8. The molecule has 0 aromatic heterocycles. The first-order valence-electron chi connectivity index (χ1n) is 11.3. The number of fused-ring (bicyclic) bond motifs is 1. The number of amides is 1. The van der Waals surface area contributed by atoms with Crippen molar-refractivity contribution >= 4 is 5.91 Å². The number of carbonyl (C=O) groups excluding carboxylic acids is 1. The van der Waals surface area contributed by atoms with E-state index in [1.807, 2.05) is 62.4 Å². The van der Waals surface area contributed by atoms with Crippen LogP contribution in [0.3, 0.4) is 0 Å². The molecule has 1 amide bonds. The number of phenolic OH excluding ortho intramolecular Hbond substituents is 1. The van der Waals surface area contributed by atoms with Crippen LogP contribution in [0.4, 0.5) is 0 Å². The van der Waals surface area contributed by atoms with Crippen LogP contribution in [0.2, 0.25) is 0 Å². The fourth-order valence-electron chi connectivity index (χ4n) is 3.92. The lowest BCUT2D eigenvalue weighted by molar-refractivity contribution is 0.0950. The zero-order valence-corrected chi connectivity index (χ0v) is 19.1. The van der Waals surface area contributed by atoms with Gasteiger partial charge in [-0.3, -0.25) is 9.69 Å². The second kappa shape index (κ2) is 10.4. The number of benzene rings is 3. The Morgan fingerprint density at radius 2 is 1.97 bits per heavy atom. The highest BCUT2D eigenvalue weighted by atomic mass is 16.5. The van der Waals surface area contributed by atoms with E-state index >= 15 is 0 Å². The Hall–Kier alpha value is -3.51. The minimum Gasteiger partial charge on any atom is -0.504 e. The van der Waals surface area contributed by atoms with Gasteiger partial charge in [0.1, 0.15) is 12.4 Å². The molecule has 0 bridgehead atoms. The van der Waals surface area contributed by atoms with Crippen molar-refractivity contribution in [1.29, 1.82) is 0 Å². The van der Waals surface area contributed by atoms with Crippen LogP contribution in [0.5, 0.6) is 17.2 Å². The predicted molar refractivity (Wildman–Crippen MR) is 128 cm³/mol. The van der Waals surface area contributed by atoms with E-state index in [0.29, 0.717) is 50.7 Å². The van der Waals surface area contributed by atoms with Gasteiger partial charge in [-0.25, -0.2) is 0 Å². The first-order chi connectivity index (χ1) is 16.0. The molecule has 3 aromatic carbocycles. The number of aromatic hydroxyl groups is 1. The zero-order valence-electron chi connectivity index (χ0n) is 19.1. The van der Waals surface area contributed by atoms with E-state index < -0.39 is 0 Å². The molecule has 1 heterocycles. The number of hydrogen-bond acceptors (Lipinski definition) is 5. The normalized spacial score (nSPS) is 13.5. The van der Waals surface area contributed by atoms with Gasteiger partial charge in [-0.15, -0.1) is 0 Å². The Morgan fingerprint density at radius 1 is 1.15 bits per heavy atom. The SMILES string of the molecule is CCOc1cccc(CN2CCOc3ccc(C(=O)NCc4ccc(C)cc4)cc3C2)c1O. The molecule has 2 N–H and O–H groups in total. The van der Waals surface area contributed by atoms with E-state index in [-0.39, 0.29) is 11.7 Å². The largest absolute Gasteiger partial charge is 0.504 e. The number of hydrogen-bond donors (Lipinski definition) is 2. The van der Waals surface area contributed by atoms with Gasteiger partial charge in [0, 0.05) is 42.9 Å². The number of para-hydroxylation sites is 1. The summed E-state index contributed by atoms with van der Waals surface area (Å²) in [7, 11) is 0. The summed E-state index contributed by atoms with van der Waals surface area (Å²) in [4.78, 5) is 15.0. The highest BCUT2D eigenvalue weighted by Gasteiger charge is 2.19. The minimum absolute atomic E-state index is 0.115. The summed E-state index contributed by atoms with van der Waals surface area (Å²) in [6.07, 6.45) is 0. The summed E-state index contributed by atoms with van der Waals surface area (Å²) in [6.45, 7) is 7.33. The number of rotatable bonds is 7. The standard InChI is InChI=1S/C27H30N2O4/c1-3-32-25-6-4-5-22(26(25)30)17-29-13-14-33-24-12-11-21(15-23(24)18-29)27(31)28-16-20-9-7-19(2)8-10-20/h4-12,15,30H,3,13-14,16-18H2,1-2H3,(H,28,31). The second-order valence-electron chi connectivity index (χ2n) is 8.25. The lowest BCUT2D eigenvalue weighted by atomic mass is 10.1. The van der Waals surface area contributed by atoms with E-state index in [0.717, 1.165) is 22.4 Å². The number of phenols is 1. The highest BCUT2D eigenvalue weighted by molar-refractivity contribution is 5.94. The van der Waals surface area contributed by atoms with E-state index in [1.54, 1.807) is 12.1 Å². The minimum atomic E-state index is -0.115. The molecular weight excluding hydrogens is 416 g/mol. The summed E-state index contributed by atoms with van der Waals surface area (Å²) in [5.41, 5.74) is 4.62. The molecule has 0 saturated carbocycles. The van der Waals surface area contributed by atoms with Gasteiger partial charge in [0.2, 0.25) is 0 Å². The Bertz CT molecular complexity index is 1110. The Morgan fingerprint density at radius 3 is 2.76 bits per heavy atom. The van der Waals surface area contributed by atoms with E-state index in [4.69, 9.17) is 9.47 Å². The Labute approximate surface area is 194 Å². The molecule has 6 heteroatoms. The molecule has 0 saturated heterocycles. The van der Waals surface area contributed by atoms with Crippen LogP contribution in [-0.2, 0) is 19.6 Å². The fraction of sp³-hybridized carbons (Fsp3) is 0.296. The van der Waals surface area contributed by atoms with Crippen molar-refractivity contribution in [2.24, 2.45) is 0 Å². The molecule has 0 fully saturated rings. The summed E-state index contributed by atoms with van der Waals surface area (Å²) in [6, 6.07) is 19.2. The molecule has 0 spiro atoms. The molecular formula is C27H30N2O4. The third-order valence-electron chi connectivity index (χ3n) is 5.73. The maximum atomic E-state index is 12.8. The van der Waals surface area contributed by atoms with Crippen molar-refractivity contribution in [3.63, 3.8) is 0 Å². The van der Waals surface area contributed by atoms with Gasteiger partial charge in [-0.2, -0.15) is 0 Å². The van der Waals surface area contributed by atoms with Gasteiger partial charge in [0.25, 0.3) is 5.91 Å².